The minimum atomic E-state index is -0.633. The van der Waals surface area contributed by atoms with E-state index in [-0.39, 0.29) is 11.8 Å². The molecule has 3 atom stereocenters. The highest BCUT2D eigenvalue weighted by Gasteiger charge is 2.36. The summed E-state index contributed by atoms with van der Waals surface area (Å²) in [5.74, 6) is 0.968. The molecule has 1 heterocycles. The van der Waals surface area contributed by atoms with Crippen LogP contribution in [0.25, 0.3) is 0 Å². The number of aliphatic carboxylic acids is 1. The second kappa shape index (κ2) is 6.08. The van der Waals surface area contributed by atoms with Crippen LogP contribution in [0.3, 0.4) is 0 Å². The van der Waals surface area contributed by atoms with Gasteiger partial charge in [0.1, 0.15) is 5.75 Å². The predicted molar refractivity (Wildman–Crippen MR) is 81.8 cm³/mol. The maximum Gasteiger partial charge on any atom is 0.307 e. The second-order valence-corrected chi connectivity index (χ2v) is 6.48. The summed E-state index contributed by atoms with van der Waals surface area (Å²) in [7, 11) is 0. The van der Waals surface area contributed by atoms with E-state index in [1.807, 2.05) is 6.07 Å². The summed E-state index contributed by atoms with van der Waals surface area (Å²) in [6, 6.07) is 6.30. The molecule has 1 aromatic carbocycles. The van der Waals surface area contributed by atoms with E-state index >= 15 is 0 Å². The fourth-order valence-corrected chi connectivity index (χ4v) is 4.03. The number of rotatable bonds is 4. The summed E-state index contributed by atoms with van der Waals surface area (Å²) < 4.78 is 5.56. The molecule has 1 aliphatic heterocycles. The molecule has 0 amide bonds. The molecule has 1 N–H and O–H groups in total. The van der Waals surface area contributed by atoms with Gasteiger partial charge in [0.2, 0.25) is 0 Å². The minimum Gasteiger partial charge on any atom is -0.493 e. The van der Waals surface area contributed by atoms with Crippen LogP contribution in [0.15, 0.2) is 18.2 Å². The number of hydrogen-bond acceptors (Lipinski definition) is 2. The first kappa shape index (κ1) is 14.4. The van der Waals surface area contributed by atoms with Crippen LogP contribution in [0.2, 0.25) is 0 Å². The zero-order valence-electron chi connectivity index (χ0n) is 12.7. The molecule has 0 saturated heterocycles. The van der Waals surface area contributed by atoms with Gasteiger partial charge in [0.25, 0.3) is 0 Å². The number of carboxylic acids is 1. The third-order valence-corrected chi connectivity index (χ3v) is 5.11. The van der Waals surface area contributed by atoms with E-state index in [0.29, 0.717) is 5.92 Å². The molecule has 114 valence electrons. The van der Waals surface area contributed by atoms with Crippen molar-refractivity contribution in [1.82, 2.24) is 0 Å². The average molecular weight is 288 g/mol. The number of benzene rings is 1. The highest BCUT2D eigenvalue weighted by molar-refractivity contribution is 5.71. The van der Waals surface area contributed by atoms with Gasteiger partial charge in [0.05, 0.1) is 12.5 Å². The lowest BCUT2D eigenvalue weighted by Crippen LogP contribution is -2.29. The number of hydrogen-bond donors (Lipinski definition) is 1. The Morgan fingerprint density at radius 2 is 2.24 bits per heavy atom. The minimum absolute atomic E-state index is 0.165. The lowest BCUT2D eigenvalue weighted by atomic mass is 9.70. The van der Waals surface area contributed by atoms with Crippen molar-refractivity contribution >= 4 is 5.97 Å². The summed E-state index contributed by atoms with van der Waals surface area (Å²) in [5, 5.41) is 9.55. The quantitative estimate of drug-likeness (QED) is 0.910. The molecular weight excluding hydrogens is 264 g/mol. The Hall–Kier alpha value is -1.51. The molecule has 0 bridgehead atoms. The van der Waals surface area contributed by atoms with E-state index in [4.69, 9.17) is 4.74 Å². The Bertz CT molecular complexity index is 523. The number of carbonyl (C=O) groups is 1. The van der Waals surface area contributed by atoms with Gasteiger partial charge in [0, 0.05) is 6.42 Å². The second-order valence-electron chi connectivity index (χ2n) is 6.48. The zero-order chi connectivity index (χ0) is 14.8. The third-order valence-electron chi connectivity index (χ3n) is 5.11. The Morgan fingerprint density at radius 3 is 3.00 bits per heavy atom. The third kappa shape index (κ3) is 2.92. The molecule has 0 radical (unpaired) electrons. The van der Waals surface area contributed by atoms with Gasteiger partial charge in [0.15, 0.2) is 0 Å². The van der Waals surface area contributed by atoms with Gasteiger partial charge < -0.3 is 9.84 Å². The lowest BCUT2D eigenvalue weighted by molar-refractivity contribution is -0.143. The van der Waals surface area contributed by atoms with E-state index < -0.39 is 5.97 Å². The number of ether oxygens (including phenoxy) is 1. The van der Waals surface area contributed by atoms with Gasteiger partial charge >= 0.3 is 5.97 Å². The van der Waals surface area contributed by atoms with Gasteiger partial charge in [-0.1, -0.05) is 31.9 Å². The maximum atomic E-state index is 11.6. The first-order valence-electron chi connectivity index (χ1n) is 8.17. The SMILES string of the molecule is CCCC1CCC(C(=O)O)C(c2ccc3c(c2)CCO3)C1. The summed E-state index contributed by atoms with van der Waals surface area (Å²) in [6.45, 7) is 2.97. The van der Waals surface area contributed by atoms with Crippen molar-refractivity contribution in [1.29, 1.82) is 0 Å². The van der Waals surface area contributed by atoms with Crippen LogP contribution in [0.4, 0.5) is 0 Å². The smallest absolute Gasteiger partial charge is 0.307 e. The molecule has 3 heteroatoms. The molecule has 0 spiro atoms. The molecule has 21 heavy (non-hydrogen) atoms. The van der Waals surface area contributed by atoms with Crippen molar-refractivity contribution in [3.05, 3.63) is 29.3 Å². The van der Waals surface area contributed by atoms with E-state index in [2.05, 4.69) is 19.1 Å². The van der Waals surface area contributed by atoms with Crippen LogP contribution in [0.5, 0.6) is 5.75 Å². The van der Waals surface area contributed by atoms with Crippen molar-refractivity contribution in [2.24, 2.45) is 11.8 Å². The molecular formula is C18H24O3. The summed E-state index contributed by atoms with van der Waals surface area (Å²) >= 11 is 0. The molecule has 1 aromatic rings. The van der Waals surface area contributed by atoms with E-state index in [9.17, 15) is 9.90 Å². The Balaban J connectivity index is 1.86. The highest BCUT2D eigenvalue weighted by Crippen LogP contribution is 2.43. The Kier molecular flexibility index (Phi) is 4.18. The first-order valence-corrected chi connectivity index (χ1v) is 8.17. The van der Waals surface area contributed by atoms with E-state index in [1.54, 1.807) is 0 Å². The molecule has 2 aliphatic rings. The zero-order valence-corrected chi connectivity index (χ0v) is 12.7. The van der Waals surface area contributed by atoms with Crippen LogP contribution in [0.1, 0.15) is 56.1 Å². The molecule has 3 rings (SSSR count). The number of carboxylic acid groups (broad SMARTS) is 1. The molecule has 1 fully saturated rings. The summed E-state index contributed by atoms with van der Waals surface area (Å²) in [6.07, 6.45) is 6.26. The molecule has 3 unspecified atom stereocenters. The predicted octanol–water partition coefficient (Wildman–Crippen LogP) is 4.01. The van der Waals surface area contributed by atoms with Crippen LogP contribution >= 0.6 is 0 Å². The molecule has 3 nitrogen and oxygen atoms in total. The Morgan fingerprint density at radius 1 is 1.38 bits per heavy atom. The van der Waals surface area contributed by atoms with Crippen molar-refractivity contribution < 1.29 is 14.6 Å². The molecule has 0 aromatic heterocycles. The van der Waals surface area contributed by atoms with Gasteiger partial charge in [-0.3, -0.25) is 4.79 Å². The summed E-state index contributed by atoms with van der Waals surface area (Å²) in [5.41, 5.74) is 2.45. The monoisotopic (exact) mass is 288 g/mol. The van der Waals surface area contributed by atoms with E-state index in [0.717, 1.165) is 38.0 Å². The number of fused-ring (bicyclic) bond motifs is 1. The van der Waals surface area contributed by atoms with Gasteiger partial charge in [-0.2, -0.15) is 0 Å². The van der Waals surface area contributed by atoms with Crippen molar-refractivity contribution in [3.63, 3.8) is 0 Å². The van der Waals surface area contributed by atoms with Crippen LogP contribution in [0, 0.1) is 11.8 Å². The maximum absolute atomic E-state index is 11.6. The Labute approximate surface area is 126 Å². The fraction of sp³-hybridized carbons (Fsp3) is 0.611. The van der Waals surface area contributed by atoms with Crippen molar-refractivity contribution in [3.8, 4) is 5.75 Å². The summed E-state index contributed by atoms with van der Waals surface area (Å²) in [4.78, 5) is 11.6. The molecule has 1 aliphatic carbocycles. The lowest BCUT2D eigenvalue weighted by Gasteiger charge is -2.34. The van der Waals surface area contributed by atoms with Crippen LogP contribution < -0.4 is 4.74 Å². The van der Waals surface area contributed by atoms with Crippen molar-refractivity contribution in [2.45, 2.75) is 51.4 Å². The highest BCUT2D eigenvalue weighted by atomic mass is 16.5. The van der Waals surface area contributed by atoms with Gasteiger partial charge in [-0.25, -0.2) is 0 Å². The normalized spacial score (nSPS) is 28.0. The van der Waals surface area contributed by atoms with Gasteiger partial charge in [-0.05, 0) is 48.3 Å². The topological polar surface area (TPSA) is 46.5 Å². The largest absolute Gasteiger partial charge is 0.493 e. The van der Waals surface area contributed by atoms with Crippen LogP contribution in [-0.2, 0) is 11.2 Å². The molecule has 1 saturated carbocycles. The first-order chi connectivity index (χ1) is 10.2. The van der Waals surface area contributed by atoms with E-state index in [1.165, 1.54) is 24.0 Å². The fourth-order valence-electron chi connectivity index (χ4n) is 4.03. The van der Waals surface area contributed by atoms with Gasteiger partial charge in [-0.15, -0.1) is 0 Å². The van der Waals surface area contributed by atoms with Crippen LogP contribution in [-0.4, -0.2) is 17.7 Å². The standard InChI is InChI=1S/C18H24O3/c1-2-3-12-4-6-15(18(19)20)16(10-12)13-5-7-17-14(11-13)8-9-21-17/h5,7,11-12,15-16H,2-4,6,8-10H2,1H3,(H,19,20). The van der Waals surface area contributed by atoms with Crippen molar-refractivity contribution in [2.75, 3.05) is 6.61 Å². The average Bonchev–Trinajstić information content (AvgIpc) is 2.94.